The van der Waals surface area contributed by atoms with Crippen LogP contribution in [-0.2, 0) is 9.53 Å². The van der Waals surface area contributed by atoms with E-state index in [9.17, 15) is 4.79 Å². The van der Waals surface area contributed by atoms with Crippen LogP contribution < -0.4 is 5.32 Å². The number of rotatable bonds is 2. The normalized spacial score (nSPS) is 13.2. The molecule has 1 heterocycles. The number of para-hydroxylation sites is 1. The second kappa shape index (κ2) is 4.61. The molecule has 82 valence electrons. The van der Waals surface area contributed by atoms with Crippen molar-refractivity contribution in [1.82, 2.24) is 0 Å². The molecule has 1 aliphatic rings. The van der Waals surface area contributed by atoms with Crippen molar-refractivity contribution in [3.63, 3.8) is 0 Å². The fourth-order valence-corrected chi connectivity index (χ4v) is 1.39. The molecule has 1 aromatic carbocycles. The highest BCUT2D eigenvalue weighted by molar-refractivity contribution is 5.89. The van der Waals surface area contributed by atoms with Crippen LogP contribution in [0.25, 0.3) is 0 Å². The van der Waals surface area contributed by atoms with Crippen LogP contribution >= 0.6 is 0 Å². The van der Waals surface area contributed by atoms with Gasteiger partial charge in [0.1, 0.15) is 6.61 Å². The molecule has 0 unspecified atom stereocenters. The van der Waals surface area contributed by atoms with Gasteiger partial charge < -0.3 is 10.1 Å². The maximum atomic E-state index is 10.7. The van der Waals surface area contributed by atoms with Crippen molar-refractivity contribution >= 4 is 17.9 Å². The summed E-state index contributed by atoms with van der Waals surface area (Å²) in [6.45, 7) is 1.59. The van der Waals surface area contributed by atoms with Gasteiger partial charge in [-0.1, -0.05) is 18.2 Å². The molecule has 0 spiro atoms. The quantitative estimate of drug-likeness (QED) is 0.768. The van der Waals surface area contributed by atoms with Crippen molar-refractivity contribution in [2.75, 3.05) is 11.9 Å². The van der Waals surface area contributed by atoms with Crippen LogP contribution in [0.4, 0.5) is 5.69 Å². The smallest absolute Gasteiger partial charge is 0.303 e. The minimum absolute atomic E-state index is 0.209. The zero-order chi connectivity index (χ0) is 11.4. The molecule has 16 heavy (non-hydrogen) atoms. The molecule has 0 saturated carbocycles. The Morgan fingerprint density at radius 3 is 3.06 bits per heavy atom. The highest BCUT2D eigenvalue weighted by Gasteiger charge is 2.06. The fraction of sp³-hybridized carbons (Fsp3) is 0.167. The molecule has 0 aromatic heterocycles. The van der Waals surface area contributed by atoms with Crippen LogP contribution in [0.2, 0.25) is 0 Å². The van der Waals surface area contributed by atoms with Gasteiger partial charge in [0.15, 0.2) is 0 Å². The first-order valence-electron chi connectivity index (χ1n) is 4.97. The second-order valence-electron chi connectivity index (χ2n) is 3.43. The fourth-order valence-electron chi connectivity index (χ4n) is 1.39. The van der Waals surface area contributed by atoms with Crippen molar-refractivity contribution in [3.8, 4) is 0 Å². The Balaban J connectivity index is 2.13. The van der Waals surface area contributed by atoms with Gasteiger partial charge in [0.25, 0.3) is 0 Å². The average molecular weight is 216 g/mol. The summed E-state index contributed by atoms with van der Waals surface area (Å²) in [6.07, 6.45) is 3.42. The Bertz CT molecular complexity index is 464. The van der Waals surface area contributed by atoms with E-state index in [1.54, 1.807) is 12.4 Å². The molecule has 1 N–H and O–H groups in total. The third-order valence-electron chi connectivity index (χ3n) is 2.13. The van der Waals surface area contributed by atoms with Crippen LogP contribution in [-0.4, -0.2) is 18.8 Å². The van der Waals surface area contributed by atoms with E-state index in [4.69, 9.17) is 4.74 Å². The van der Waals surface area contributed by atoms with Crippen LogP contribution in [0.1, 0.15) is 12.5 Å². The number of hydrogen-bond donors (Lipinski definition) is 1. The summed E-state index contributed by atoms with van der Waals surface area (Å²) in [5.41, 5.74) is 2.73. The second-order valence-corrected chi connectivity index (χ2v) is 3.43. The zero-order valence-corrected chi connectivity index (χ0v) is 8.93. The minimum atomic E-state index is -0.302. The summed E-state index contributed by atoms with van der Waals surface area (Å²) in [5.74, 6) is -0.302. The Kier molecular flexibility index (Phi) is 3.00. The van der Waals surface area contributed by atoms with E-state index in [0.717, 1.165) is 16.9 Å². The lowest BCUT2D eigenvalue weighted by Gasteiger charge is -2.10. The molecule has 0 atom stereocenters. The number of hydrogen-bond acceptors (Lipinski definition) is 4. The number of fused-ring (bicyclic) bond motifs is 1. The van der Waals surface area contributed by atoms with Gasteiger partial charge >= 0.3 is 5.97 Å². The molecule has 0 fully saturated rings. The molecule has 4 nitrogen and oxygen atoms in total. The predicted octanol–water partition coefficient (Wildman–Crippen LogP) is 1.94. The van der Waals surface area contributed by atoms with Gasteiger partial charge in [-0.25, -0.2) is 0 Å². The lowest BCUT2D eigenvalue weighted by molar-refractivity contribution is -0.139. The van der Waals surface area contributed by atoms with Crippen molar-refractivity contribution < 1.29 is 9.53 Å². The molecule has 0 bridgehead atoms. The lowest BCUT2D eigenvalue weighted by Crippen LogP contribution is -2.10. The number of nitrogens with one attached hydrogen (secondary N) is 1. The van der Waals surface area contributed by atoms with E-state index in [-0.39, 0.29) is 12.6 Å². The molecule has 0 amide bonds. The Morgan fingerprint density at radius 2 is 2.25 bits per heavy atom. The maximum Gasteiger partial charge on any atom is 0.303 e. The summed E-state index contributed by atoms with van der Waals surface area (Å²) >= 11 is 0. The Labute approximate surface area is 93.6 Å². The molecule has 1 aromatic rings. The van der Waals surface area contributed by atoms with Gasteiger partial charge in [-0.15, -0.1) is 0 Å². The van der Waals surface area contributed by atoms with E-state index >= 15 is 0 Å². The first-order valence-corrected chi connectivity index (χ1v) is 4.97. The number of ether oxygens (including phenoxy) is 1. The molecule has 2 rings (SSSR count). The molecule has 0 saturated heterocycles. The highest BCUT2D eigenvalue weighted by Crippen LogP contribution is 2.17. The van der Waals surface area contributed by atoms with E-state index < -0.39 is 0 Å². The SMILES string of the molecule is CC(=O)OCC1=CN=Cc2ccccc2N1. The number of aliphatic imine (C=N–C) groups is 1. The summed E-state index contributed by atoms with van der Waals surface area (Å²) in [5, 5.41) is 3.17. The highest BCUT2D eigenvalue weighted by atomic mass is 16.5. The number of nitrogens with zero attached hydrogens (tertiary/aromatic N) is 1. The number of benzene rings is 1. The summed E-state index contributed by atoms with van der Waals surface area (Å²) in [4.78, 5) is 14.8. The van der Waals surface area contributed by atoms with Gasteiger partial charge in [-0.05, 0) is 6.07 Å². The maximum absolute atomic E-state index is 10.7. The van der Waals surface area contributed by atoms with Gasteiger partial charge in [-0.2, -0.15) is 0 Å². The summed E-state index contributed by atoms with van der Waals surface area (Å²) in [7, 11) is 0. The van der Waals surface area contributed by atoms with Gasteiger partial charge in [0.2, 0.25) is 0 Å². The van der Waals surface area contributed by atoms with Crippen molar-refractivity contribution in [2.45, 2.75) is 6.92 Å². The van der Waals surface area contributed by atoms with Crippen LogP contribution in [0.5, 0.6) is 0 Å². The molecule has 0 radical (unpaired) electrons. The van der Waals surface area contributed by atoms with Crippen molar-refractivity contribution in [2.24, 2.45) is 4.99 Å². The third-order valence-corrected chi connectivity index (χ3v) is 2.13. The zero-order valence-electron chi connectivity index (χ0n) is 8.93. The first kappa shape index (κ1) is 10.4. The third kappa shape index (κ3) is 2.48. The number of carbonyl (C=O) groups is 1. The van der Waals surface area contributed by atoms with Gasteiger partial charge in [0.05, 0.1) is 5.70 Å². The number of carbonyl (C=O) groups excluding carboxylic acids is 1. The van der Waals surface area contributed by atoms with Gasteiger partial charge in [0, 0.05) is 30.6 Å². The molecule has 0 aliphatic carbocycles. The van der Waals surface area contributed by atoms with Crippen molar-refractivity contribution in [1.29, 1.82) is 0 Å². The van der Waals surface area contributed by atoms with Crippen LogP contribution in [0.3, 0.4) is 0 Å². The standard InChI is InChI=1S/C12H12N2O2/c1-9(15)16-8-11-7-13-6-10-4-2-3-5-12(10)14-11/h2-7,14H,8H2,1H3. The average Bonchev–Trinajstić information content (AvgIpc) is 2.47. The minimum Gasteiger partial charge on any atom is -0.459 e. The summed E-state index contributed by atoms with van der Waals surface area (Å²) in [6, 6.07) is 7.81. The molecular formula is C12H12N2O2. The molecule has 4 heteroatoms. The molecule has 1 aliphatic heterocycles. The monoisotopic (exact) mass is 216 g/mol. The topological polar surface area (TPSA) is 50.7 Å². The van der Waals surface area contributed by atoms with E-state index in [0.29, 0.717) is 0 Å². The number of esters is 1. The number of anilines is 1. The first-order chi connectivity index (χ1) is 7.75. The Hall–Kier alpha value is -2.10. The lowest BCUT2D eigenvalue weighted by atomic mass is 10.2. The van der Waals surface area contributed by atoms with E-state index in [1.165, 1.54) is 6.92 Å². The summed E-state index contributed by atoms with van der Waals surface area (Å²) < 4.78 is 4.91. The Morgan fingerprint density at radius 1 is 1.44 bits per heavy atom. The van der Waals surface area contributed by atoms with Crippen molar-refractivity contribution in [3.05, 3.63) is 41.7 Å². The van der Waals surface area contributed by atoms with Gasteiger partial charge in [-0.3, -0.25) is 9.79 Å². The van der Waals surface area contributed by atoms with E-state index in [1.807, 2.05) is 24.3 Å². The van der Waals surface area contributed by atoms with E-state index in [2.05, 4.69) is 10.3 Å². The van der Waals surface area contributed by atoms with Crippen LogP contribution in [0, 0.1) is 0 Å². The predicted molar refractivity (Wildman–Crippen MR) is 62.4 cm³/mol. The van der Waals surface area contributed by atoms with Crippen LogP contribution in [0.15, 0.2) is 41.2 Å². The molecular weight excluding hydrogens is 204 g/mol. The largest absolute Gasteiger partial charge is 0.459 e.